The summed E-state index contributed by atoms with van der Waals surface area (Å²) in [6, 6.07) is 37.5. The average Bonchev–Trinajstić information content (AvgIpc) is 2.86. The largest absolute Gasteiger partial charge is 0.497 e. The fourth-order valence-electron chi connectivity index (χ4n) is 3.87. The Bertz CT molecular complexity index is 1010. The van der Waals surface area contributed by atoms with Crippen molar-refractivity contribution in [3.05, 3.63) is 131 Å². The van der Waals surface area contributed by atoms with Crippen LogP contribution in [0.2, 0.25) is 0 Å². The van der Waals surface area contributed by atoms with E-state index < -0.39 is 0 Å². The Morgan fingerprint density at radius 1 is 0.484 bits per heavy atom. The Morgan fingerprint density at radius 3 is 1.26 bits per heavy atom. The Labute approximate surface area is 184 Å². The molecule has 1 N–H and O–H groups in total. The van der Waals surface area contributed by atoms with Crippen LogP contribution in [0.5, 0.6) is 11.5 Å². The molecule has 0 saturated carbocycles. The molecule has 2 unspecified atom stereocenters. The molecule has 0 saturated heterocycles. The molecule has 2 atom stereocenters. The lowest BCUT2D eigenvalue weighted by molar-refractivity contribution is 0.412. The zero-order valence-corrected chi connectivity index (χ0v) is 17.9. The molecule has 0 aliphatic rings. The van der Waals surface area contributed by atoms with Crippen molar-refractivity contribution in [1.29, 1.82) is 0 Å². The van der Waals surface area contributed by atoms with Gasteiger partial charge in [0.25, 0.3) is 0 Å². The summed E-state index contributed by atoms with van der Waals surface area (Å²) in [5, 5.41) is 3.91. The Balaban J connectivity index is 1.80. The summed E-state index contributed by atoms with van der Waals surface area (Å²) >= 11 is 0. The molecule has 4 aromatic rings. The van der Waals surface area contributed by atoms with E-state index in [1.54, 1.807) is 14.2 Å². The van der Waals surface area contributed by atoms with Gasteiger partial charge in [0.15, 0.2) is 0 Å². The lowest BCUT2D eigenvalue weighted by Gasteiger charge is -2.28. The standard InChI is InChI=1S/C28H27NO2/c1-30-25-17-9-15-23(19-25)27(21-11-5-3-6-12-21)29-28(22-13-7-4-8-14-22)24-16-10-18-26(20-24)31-2/h3-20,27-29H,1-2H3. The van der Waals surface area contributed by atoms with Crippen LogP contribution in [0.1, 0.15) is 34.3 Å². The Kier molecular flexibility index (Phi) is 6.65. The number of rotatable bonds is 8. The smallest absolute Gasteiger partial charge is 0.119 e. The highest BCUT2D eigenvalue weighted by molar-refractivity contribution is 5.41. The summed E-state index contributed by atoms with van der Waals surface area (Å²) in [7, 11) is 3.40. The molecule has 0 aliphatic carbocycles. The van der Waals surface area contributed by atoms with E-state index in [1.165, 1.54) is 11.1 Å². The van der Waals surface area contributed by atoms with E-state index >= 15 is 0 Å². The van der Waals surface area contributed by atoms with Gasteiger partial charge < -0.3 is 9.47 Å². The van der Waals surface area contributed by atoms with Gasteiger partial charge in [-0.05, 0) is 46.5 Å². The third kappa shape index (κ3) is 4.96. The Morgan fingerprint density at radius 2 is 0.871 bits per heavy atom. The van der Waals surface area contributed by atoms with E-state index in [0.29, 0.717) is 0 Å². The van der Waals surface area contributed by atoms with Gasteiger partial charge >= 0.3 is 0 Å². The number of hydrogen-bond donors (Lipinski definition) is 1. The van der Waals surface area contributed by atoms with Gasteiger partial charge in [-0.15, -0.1) is 0 Å². The van der Waals surface area contributed by atoms with Crippen molar-refractivity contribution in [2.45, 2.75) is 12.1 Å². The van der Waals surface area contributed by atoms with Crippen LogP contribution in [-0.4, -0.2) is 14.2 Å². The first-order valence-electron chi connectivity index (χ1n) is 10.4. The van der Waals surface area contributed by atoms with Gasteiger partial charge in [0.2, 0.25) is 0 Å². The minimum absolute atomic E-state index is 0.0206. The summed E-state index contributed by atoms with van der Waals surface area (Å²) in [6.07, 6.45) is 0. The van der Waals surface area contributed by atoms with Crippen molar-refractivity contribution >= 4 is 0 Å². The second kappa shape index (κ2) is 9.96. The molecule has 0 spiro atoms. The van der Waals surface area contributed by atoms with Crippen molar-refractivity contribution in [3.63, 3.8) is 0 Å². The molecule has 3 heteroatoms. The van der Waals surface area contributed by atoms with E-state index in [9.17, 15) is 0 Å². The van der Waals surface area contributed by atoms with Gasteiger partial charge in [0, 0.05) is 0 Å². The number of benzene rings is 4. The lowest BCUT2D eigenvalue weighted by atomic mass is 9.93. The molecule has 0 amide bonds. The van der Waals surface area contributed by atoms with Crippen LogP contribution in [-0.2, 0) is 0 Å². The van der Waals surface area contributed by atoms with E-state index in [-0.39, 0.29) is 12.1 Å². The molecule has 156 valence electrons. The van der Waals surface area contributed by atoms with Crippen molar-refractivity contribution in [3.8, 4) is 11.5 Å². The van der Waals surface area contributed by atoms with E-state index in [1.807, 2.05) is 36.4 Å². The molecule has 0 fully saturated rings. The predicted molar refractivity (Wildman–Crippen MR) is 126 cm³/mol. The molecule has 4 aromatic carbocycles. The maximum absolute atomic E-state index is 5.50. The highest BCUT2D eigenvalue weighted by atomic mass is 16.5. The first kappa shape index (κ1) is 20.7. The summed E-state index contributed by atoms with van der Waals surface area (Å²) in [6.45, 7) is 0. The summed E-state index contributed by atoms with van der Waals surface area (Å²) in [5.74, 6) is 1.69. The van der Waals surface area contributed by atoms with Gasteiger partial charge in [0.1, 0.15) is 11.5 Å². The van der Waals surface area contributed by atoms with Crippen molar-refractivity contribution in [2.24, 2.45) is 0 Å². The zero-order valence-electron chi connectivity index (χ0n) is 17.9. The maximum atomic E-state index is 5.50. The molecule has 0 radical (unpaired) electrons. The van der Waals surface area contributed by atoms with Gasteiger partial charge in [0.05, 0.1) is 26.3 Å². The third-order valence-corrected chi connectivity index (χ3v) is 5.45. The van der Waals surface area contributed by atoms with Crippen LogP contribution in [0.15, 0.2) is 109 Å². The van der Waals surface area contributed by atoms with Crippen molar-refractivity contribution in [1.82, 2.24) is 5.32 Å². The predicted octanol–water partition coefficient (Wildman–Crippen LogP) is 6.17. The molecule has 0 aromatic heterocycles. The first-order chi connectivity index (χ1) is 15.3. The quantitative estimate of drug-likeness (QED) is 0.377. The Hall–Kier alpha value is -3.56. The average molecular weight is 410 g/mol. The minimum atomic E-state index is -0.0206. The van der Waals surface area contributed by atoms with Gasteiger partial charge in [-0.3, -0.25) is 5.32 Å². The fraction of sp³-hybridized carbons (Fsp3) is 0.143. The molecule has 3 nitrogen and oxygen atoms in total. The van der Waals surface area contributed by atoms with Crippen LogP contribution >= 0.6 is 0 Å². The van der Waals surface area contributed by atoms with Crippen LogP contribution in [0, 0.1) is 0 Å². The highest BCUT2D eigenvalue weighted by Crippen LogP contribution is 2.32. The van der Waals surface area contributed by atoms with E-state index in [0.717, 1.165) is 22.6 Å². The van der Waals surface area contributed by atoms with Crippen molar-refractivity contribution in [2.75, 3.05) is 14.2 Å². The molecule has 31 heavy (non-hydrogen) atoms. The summed E-state index contributed by atoms with van der Waals surface area (Å²) in [5.41, 5.74) is 4.68. The molecular formula is C28H27NO2. The molecule has 0 bridgehead atoms. The molecule has 4 rings (SSSR count). The van der Waals surface area contributed by atoms with Gasteiger partial charge in [-0.2, -0.15) is 0 Å². The number of ether oxygens (including phenoxy) is 2. The summed E-state index contributed by atoms with van der Waals surface area (Å²) in [4.78, 5) is 0. The van der Waals surface area contributed by atoms with Crippen molar-refractivity contribution < 1.29 is 9.47 Å². The zero-order chi connectivity index (χ0) is 21.5. The topological polar surface area (TPSA) is 30.5 Å². The van der Waals surface area contributed by atoms with Gasteiger partial charge in [-0.1, -0.05) is 84.9 Å². The fourth-order valence-corrected chi connectivity index (χ4v) is 3.87. The van der Waals surface area contributed by atoms with Gasteiger partial charge in [-0.25, -0.2) is 0 Å². The minimum Gasteiger partial charge on any atom is -0.497 e. The summed E-state index contributed by atoms with van der Waals surface area (Å²) < 4.78 is 11.0. The van der Waals surface area contributed by atoms with Crippen LogP contribution in [0.4, 0.5) is 0 Å². The second-order valence-electron chi connectivity index (χ2n) is 7.41. The van der Waals surface area contributed by atoms with Crippen LogP contribution < -0.4 is 14.8 Å². The molecule has 0 aliphatic heterocycles. The van der Waals surface area contributed by atoms with E-state index in [2.05, 4.69) is 78.1 Å². The maximum Gasteiger partial charge on any atom is 0.119 e. The molecule has 0 heterocycles. The second-order valence-corrected chi connectivity index (χ2v) is 7.41. The third-order valence-electron chi connectivity index (χ3n) is 5.45. The van der Waals surface area contributed by atoms with Crippen LogP contribution in [0.25, 0.3) is 0 Å². The first-order valence-corrected chi connectivity index (χ1v) is 10.4. The van der Waals surface area contributed by atoms with E-state index in [4.69, 9.17) is 9.47 Å². The SMILES string of the molecule is COc1cccc(C(NC(c2ccccc2)c2cccc(OC)c2)c2ccccc2)c1. The monoisotopic (exact) mass is 409 g/mol. The number of nitrogens with one attached hydrogen (secondary N) is 1. The highest BCUT2D eigenvalue weighted by Gasteiger charge is 2.22. The normalized spacial score (nSPS) is 12.7. The molecular weight excluding hydrogens is 382 g/mol. The van der Waals surface area contributed by atoms with Crippen LogP contribution in [0.3, 0.4) is 0 Å². The lowest BCUT2D eigenvalue weighted by Crippen LogP contribution is -2.28. The number of methoxy groups -OCH3 is 2. The number of hydrogen-bond acceptors (Lipinski definition) is 3.